The van der Waals surface area contributed by atoms with E-state index in [0.717, 1.165) is 43.2 Å². The zero-order valence-corrected chi connectivity index (χ0v) is 26.5. The number of nitrogens with zero attached hydrogens (tertiary/aromatic N) is 5. The van der Waals surface area contributed by atoms with Crippen molar-refractivity contribution in [3.63, 3.8) is 0 Å². The monoisotopic (exact) mass is 619 g/mol. The smallest absolute Gasteiger partial charge is 0.332 e. The Morgan fingerprint density at radius 2 is 1.82 bits per heavy atom. The van der Waals surface area contributed by atoms with Gasteiger partial charge in [0.15, 0.2) is 17.5 Å². The predicted octanol–water partition coefficient (Wildman–Crippen LogP) is 5.61. The number of fused-ring (bicyclic) bond motifs is 1. The summed E-state index contributed by atoms with van der Waals surface area (Å²) in [5.41, 5.74) is 1.98. The lowest BCUT2D eigenvalue weighted by atomic mass is 9.84. The van der Waals surface area contributed by atoms with Crippen molar-refractivity contribution < 1.29 is 18.6 Å². The topological polar surface area (TPSA) is 102 Å². The molecule has 3 aromatic heterocycles. The zero-order chi connectivity index (χ0) is 31.7. The Balaban J connectivity index is 1.42. The molecule has 240 valence electrons. The Morgan fingerprint density at radius 1 is 1.04 bits per heavy atom. The number of hydrogen-bond acceptors (Lipinski definition) is 7. The first kappa shape index (κ1) is 31.2. The third kappa shape index (κ3) is 6.60. The van der Waals surface area contributed by atoms with Gasteiger partial charge in [-0.15, -0.1) is 0 Å². The molecule has 4 heterocycles. The van der Waals surface area contributed by atoms with Crippen molar-refractivity contribution in [1.29, 1.82) is 0 Å². The first-order chi connectivity index (χ1) is 21.7. The molecule has 1 aliphatic heterocycles. The van der Waals surface area contributed by atoms with Gasteiger partial charge in [0.2, 0.25) is 5.88 Å². The lowest BCUT2D eigenvalue weighted by Crippen LogP contribution is -2.41. The lowest BCUT2D eigenvalue weighted by molar-refractivity contribution is -0.163. The van der Waals surface area contributed by atoms with E-state index in [9.17, 15) is 14.0 Å². The molecule has 1 aromatic carbocycles. The fourth-order valence-electron chi connectivity index (χ4n) is 6.26. The number of aromatic nitrogens is 5. The number of hydrogen-bond donors (Lipinski definition) is 0. The largest absolute Gasteiger partial charge is 0.474 e. The fourth-order valence-corrected chi connectivity index (χ4v) is 6.26. The molecule has 11 heteroatoms. The summed E-state index contributed by atoms with van der Waals surface area (Å²) >= 11 is 0. The summed E-state index contributed by atoms with van der Waals surface area (Å²) < 4.78 is 36.1. The number of halogens is 1. The van der Waals surface area contributed by atoms with Gasteiger partial charge in [-0.1, -0.05) is 19.1 Å². The standard InChI is InChI=1S/C34H42FN5O5/c1-21(2)40-32-30(33(41)38(34(40)42)15-7-17-44-29-8-5-6-16-43-29)39(20-24-9-11-25(35)12-10-24)31(37-32)27-13-14-28(36-23(27)4)45-26-18-22(3)19-26/h9-14,21-22,26,29H,5-8,15-20H2,1-4H3. The van der Waals surface area contributed by atoms with Gasteiger partial charge < -0.3 is 18.8 Å². The third-order valence-electron chi connectivity index (χ3n) is 8.72. The molecule has 1 unspecified atom stereocenters. The van der Waals surface area contributed by atoms with Crippen LogP contribution in [0.3, 0.4) is 0 Å². The summed E-state index contributed by atoms with van der Waals surface area (Å²) in [5, 5.41) is 0. The van der Waals surface area contributed by atoms with E-state index in [0.29, 0.717) is 54.1 Å². The lowest BCUT2D eigenvalue weighted by Gasteiger charge is -2.32. The maximum Gasteiger partial charge on any atom is 0.332 e. The molecule has 0 radical (unpaired) electrons. The second-order valence-electron chi connectivity index (χ2n) is 12.6. The van der Waals surface area contributed by atoms with Crippen LogP contribution in [-0.2, 0) is 22.6 Å². The van der Waals surface area contributed by atoms with Crippen LogP contribution >= 0.6 is 0 Å². The van der Waals surface area contributed by atoms with Gasteiger partial charge in [-0.25, -0.2) is 19.2 Å². The molecule has 45 heavy (non-hydrogen) atoms. The maximum absolute atomic E-state index is 14.2. The van der Waals surface area contributed by atoms with Crippen molar-refractivity contribution in [2.75, 3.05) is 13.2 Å². The molecule has 1 aliphatic carbocycles. The van der Waals surface area contributed by atoms with E-state index in [-0.39, 0.29) is 37.3 Å². The van der Waals surface area contributed by atoms with Gasteiger partial charge in [-0.3, -0.25) is 13.9 Å². The highest BCUT2D eigenvalue weighted by atomic mass is 19.1. The van der Waals surface area contributed by atoms with Crippen LogP contribution in [0.5, 0.6) is 5.88 Å². The average molecular weight is 620 g/mol. The Labute approximate surface area is 261 Å². The molecule has 2 fully saturated rings. The molecule has 0 spiro atoms. The summed E-state index contributed by atoms with van der Waals surface area (Å²) in [6.45, 7) is 9.39. The number of imidazole rings is 1. The number of rotatable bonds is 11. The van der Waals surface area contributed by atoms with Crippen molar-refractivity contribution >= 4 is 11.2 Å². The zero-order valence-electron chi connectivity index (χ0n) is 26.5. The molecule has 2 aliphatic rings. The molecule has 0 bridgehead atoms. The van der Waals surface area contributed by atoms with Gasteiger partial charge in [-0.05, 0) is 89.0 Å². The van der Waals surface area contributed by atoms with E-state index in [1.54, 1.807) is 16.7 Å². The quantitative estimate of drug-likeness (QED) is 0.201. The number of ether oxygens (including phenoxy) is 3. The summed E-state index contributed by atoms with van der Waals surface area (Å²) in [6.07, 6.45) is 5.36. The molecule has 6 rings (SSSR count). The van der Waals surface area contributed by atoms with Crippen LogP contribution in [0.25, 0.3) is 22.6 Å². The van der Waals surface area contributed by atoms with Crippen LogP contribution in [0.1, 0.15) is 76.6 Å². The summed E-state index contributed by atoms with van der Waals surface area (Å²) in [4.78, 5) is 37.7. The minimum absolute atomic E-state index is 0.167. The Hall–Kier alpha value is -3.83. The van der Waals surface area contributed by atoms with Gasteiger partial charge in [0, 0.05) is 37.4 Å². The SMILES string of the molecule is Cc1nc(OC2CC(C)C2)ccc1-c1nc2c(c(=O)n(CCCOC3CCCCO3)c(=O)n2C(C)C)n1Cc1ccc(F)cc1. The van der Waals surface area contributed by atoms with E-state index in [2.05, 4.69) is 6.92 Å². The second kappa shape index (κ2) is 13.3. The van der Waals surface area contributed by atoms with Crippen LogP contribution < -0.4 is 16.0 Å². The molecule has 4 aromatic rings. The Bertz CT molecular complexity index is 1770. The van der Waals surface area contributed by atoms with Gasteiger partial charge in [0.1, 0.15) is 17.7 Å². The maximum atomic E-state index is 14.2. The molecule has 10 nitrogen and oxygen atoms in total. The van der Waals surface area contributed by atoms with Crippen molar-refractivity contribution in [2.45, 2.75) is 97.7 Å². The summed E-state index contributed by atoms with van der Waals surface area (Å²) in [6, 6.07) is 9.64. The molecular formula is C34H42FN5O5. The number of pyridine rings is 1. The number of benzene rings is 1. The third-order valence-corrected chi connectivity index (χ3v) is 8.72. The van der Waals surface area contributed by atoms with Crippen molar-refractivity contribution in [1.82, 2.24) is 23.7 Å². The predicted molar refractivity (Wildman–Crippen MR) is 169 cm³/mol. The molecule has 0 N–H and O–H groups in total. The number of aryl methyl sites for hydroxylation is 1. The fraction of sp³-hybridized carbons (Fsp3) is 0.529. The van der Waals surface area contributed by atoms with Crippen LogP contribution in [0.4, 0.5) is 4.39 Å². The van der Waals surface area contributed by atoms with E-state index in [1.165, 1.54) is 16.7 Å². The van der Waals surface area contributed by atoms with Gasteiger partial charge >= 0.3 is 5.69 Å². The van der Waals surface area contributed by atoms with Gasteiger partial charge in [0.25, 0.3) is 5.56 Å². The second-order valence-corrected chi connectivity index (χ2v) is 12.6. The van der Waals surface area contributed by atoms with Crippen LogP contribution in [-0.4, -0.2) is 49.3 Å². The van der Waals surface area contributed by atoms with Crippen LogP contribution in [0, 0.1) is 18.7 Å². The van der Waals surface area contributed by atoms with Crippen molar-refractivity contribution in [3.8, 4) is 17.3 Å². The highest BCUT2D eigenvalue weighted by molar-refractivity contribution is 5.78. The minimum Gasteiger partial charge on any atom is -0.474 e. The van der Waals surface area contributed by atoms with Crippen LogP contribution in [0.15, 0.2) is 46.0 Å². The molecular weight excluding hydrogens is 577 g/mol. The molecule has 0 amide bonds. The van der Waals surface area contributed by atoms with E-state index >= 15 is 0 Å². The molecule has 1 atom stereocenters. The first-order valence-electron chi connectivity index (χ1n) is 16.1. The van der Waals surface area contributed by atoms with Crippen LogP contribution in [0.2, 0.25) is 0 Å². The minimum atomic E-state index is -0.425. The molecule has 1 saturated carbocycles. The Morgan fingerprint density at radius 3 is 2.49 bits per heavy atom. The van der Waals surface area contributed by atoms with E-state index < -0.39 is 11.2 Å². The highest BCUT2D eigenvalue weighted by Crippen LogP contribution is 2.32. The Kier molecular flexibility index (Phi) is 9.18. The highest BCUT2D eigenvalue weighted by Gasteiger charge is 2.28. The van der Waals surface area contributed by atoms with Crippen molar-refractivity contribution in [3.05, 3.63) is 74.3 Å². The average Bonchev–Trinajstić information content (AvgIpc) is 3.35. The van der Waals surface area contributed by atoms with Gasteiger partial charge in [0.05, 0.1) is 12.3 Å². The summed E-state index contributed by atoms with van der Waals surface area (Å²) in [5.74, 6) is 1.37. The van der Waals surface area contributed by atoms with E-state index in [4.69, 9.17) is 24.2 Å². The van der Waals surface area contributed by atoms with Crippen molar-refractivity contribution in [2.24, 2.45) is 5.92 Å². The normalized spacial score (nSPS) is 20.1. The summed E-state index contributed by atoms with van der Waals surface area (Å²) in [7, 11) is 0. The molecule has 1 saturated heterocycles. The first-order valence-corrected chi connectivity index (χ1v) is 16.1. The van der Waals surface area contributed by atoms with E-state index in [1.807, 2.05) is 37.5 Å². The van der Waals surface area contributed by atoms with Gasteiger partial charge in [-0.2, -0.15) is 0 Å².